The monoisotopic (exact) mass is 608 g/mol. The minimum Gasteiger partial charge on any atom is -0.362 e. The van der Waals surface area contributed by atoms with Gasteiger partial charge in [-0.1, -0.05) is 19.3 Å². The van der Waals surface area contributed by atoms with Crippen LogP contribution in [0.5, 0.6) is 0 Å². The van der Waals surface area contributed by atoms with E-state index in [9.17, 15) is 0 Å². The van der Waals surface area contributed by atoms with Gasteiger partial charge in [-0.2, -0.15) is 0 Å². The summed E-state index contributed by atoms with van der Waals surface area (Å²) >= 11 is 21.9. The third kappa shape index (κ3) is 20.2. The van der Waals surface area contributed by atoms with Gasteiger partial charge in [-0.3, -0.25) is 10.2 Å². The lowest BCUT2D eigenvalue weighted by Crippen LogP contribution is -2.35. The molecular formula is C21H46N4O4P2S4. The van der Waals surface area contributed by atoms with Gasteiger partial charge in [0.2, 0.25) is 0 Å². The van der Waals surface area contributed by atoms with Crippen LogP contribution in [0.25, 0.3) is 0 Å². The summed E-state index contributed by atoms with van der Waals surface area (Å²) in [6, 6.07) is 0. The molecule has 0 heterocycles. The van der Waals surface area contributed by atoms with Crippen LogP contribution in [0.1, 0.15) is 87.5 Å². The van der Waals surface area contributed by atoms with Gasteiger partial charge >= 0.3 is 0 Å². The highest BCUT2D eigenvalue weighted by Crippen LogP contribution is 2.47. The number of unbranched alkanes of at least 4 members (excludes halogenated alkanes) is 4. The van der Waals surface area contributed by atoms with Crippen molar-refractivity contribution in [2.75, 3.05) is 13.1 Å². The normalized spacial score (nSPS) is 12.5. The van der Waals surface area contributed by atoms with E-state index in [-0.39, 0.29) is 24.4 Å². The molecule has 0 aliphatic heterocycles. The summed E-state index contributed by atoms with van der Waals surface area (Å²) in [6.07, 6.45) is 5.17. The summed E-state index contributed by atoms with van der Waals surface area (Å²) in [5.41, 5.74) is 0. The SMILES string of the molecule is CC(C)OP(=S)(NC(=S)NCCCCCCCNC(=S)NP(=S)(OC(C)C)OC(C)C)OC(C)C. The maximum atomic E-state index is 5.81. The third-order valence-corrected chi connectivity index (χ3v) is 9.97. The van der Waals surface area contributed by atoms with Crippen molar-refractivity contribution in [1.29, 1.82) is 0 Å². The Morgan fingerprint density at radius 2 is 0.800 bits per heavy atom. The molecule has 0 aromatic carbocycles. The van der Waals surface area contributed by atoms with Gasteiger partial charge < -0.3 is 28.7 Å². The fraction of sp³-hybridized carbons (Fsp3) is 0.905. The number of rotatable bonds is 18. The Kier molecular flexibility index (Phi) is 19.0. The van der Waals surface area contributed by atoms with Gasteiger partial charge in [0, 0.05) is 13.1 Å². The lowest BCUT2D eigenvalue weighted by atomic mass is 10.1. The first-order chi connectivity index (χ1) is 16.2. The average Bonchev–Trinajstić information content (AvgIpc) is 2.62. The van der Waals surface area contributed by atoms with Crippen LogP contribution in [0.3, 0.4) is 0 Å². The Labute approximate surface area is 234 Å². The summed E-state index contributed by atoms with van der Waals surface area (Å²) in [6.45, 7) is 11.7. The van der Waals surface area contributed by atoms with Crippen molar-refractivity contribution in [3.05, 3.63) is 0 Å². The Morgan fingerprint density at radius 1 is 0.543 bits per heavy atom. The van der Waals surface area contributed by atoms with Crippen molar-refractivity contribution in [3.63, 3.8) is 0 Å². The number of hydrogen-bond acceptors (Lipinski definition) is 8. The van der Waals surface area contributed by atoms with Crippen molar-refractivity contribution in [1.82, 2.24) is 20.8 Å². The predicted octanol–water partition coefficient (Wildman–Crippen LogP) is 6.01. The Morgan fingerprint density at radius 3 is 1.06 bits per heavy atom. The Balaban J connectivity index is 4.07. The number of hydrogen-bond donors (Lipinski definition) is 4. The number of thiocarbonyl (C=S) groups is 2. The minimum absolute atomic E-state index is 0.0446. The van der Waals surface area contributed by atoms with Gasteiger partial charge in [-0.25, -0.2) is 0 Å². The molecule has 208 valence electrons. The summed E-state index contributed by atoms with van der Waals surface area (Å²) in [5, 5.41) is 13.5. The standard InChI is InChI=1S/C21H46N4O4P2S4/c1-16(2)26-30(34,27-17(3)4)24-20(32)22-14-12-10-9-11-13-15-23-21(33)25-31(35,28-18(5)6)29-19(7)8/h16-19H,9-15H2,1-8H3,(H2,22,24,32,34)(H2,23,25,33,35). The molecule has 0 bridgehead atoms. The lowest BCUT2D eigenvalue weighted by Gasteiger charge is -2.27. The maximum Gasteiger partial charge on any atom is 0.289 e. The van der Waals surface area contributed by atoms with Gasteiger partial charge in [0.05, 0.1) is 24.4 Å². The maximum absolute atomic E-state index is 5.81. The molecule has 4 N–H and O–H groups in total. The van der Waals surface area contributed by atoms with E-state index in [1.165, 1.54) is 0 Å². The highest BCUT2D eigenvalue weighted by Gasteiger charge is 2.24. The summed E-state index contributed by atoms with van der Waals surface area (Å²) in [4.78, 5) is 0. The summed E-state index contributed by atoms with van der Waals surface area (Å²) < 4.78 is 23.2. The molecule has 0 amide bonds. The van der Waals surface area contributed by atoms with Crippen molar-refractivity contribution in [2.24, 2.45) is 0 Å². The second-order valence-corrected chi connectivity index (χ2v) is 16.1. The molecule has 8 nitrogen and oxygen atoms in total. The molecule has 0 aromatic heterocycles. The number of nitrogens with one attached hydrogen (secondary N) is 4. The van der Waals surface area contributed by atoms with E-state index >= 15 is 0 Å². The Bertz CT molecular complexity index is 641. The molecule has 0 aliphatic carbocycles. The largest absolute Gasteiger partial charge is 0.362 e. The van der Waals surface area contributed by atoms with Crippen molar-refractivity contribution in [3.8, 4) is 0 Å². The highest BCUT2D eigenvalue weighted by molar-refractivity contribution is 8.09. The highest BCUT2D eigenvalue weighted by atomic mass is 32.5. The second-order valence-electron chi connectivity index (χ2n) is 9.11. The van der Waals surface area contributed by atoms with Crippen LogP contribution in [0, 0.1) is 0 Å². The molecule has 35 heavy (non-hydrogen) atoms. The van der Waals surface area contributed by atoms with Crippen LogP contribution in [0.2, 0.25) is 0 Å². The third-order valence-electron chi connectivity index (χ3n) is 3.80. The van der Waals surface area contributed by atoms with Crippen molar-refractivity contribution < 1.29 is 18.1 Å². The summed E-state index contributed by atoms with van der Waals surface area (Å²) in [5.74, 6) is 0. The Hall–Kier alpha value is 0.520. The van der Waals surface area contributed by atoms with E-state index in [4.69, 9.17) is 66.1 Å². The van der Waals surface area contributed by atoms with E-state index in [0.717, 1.165) is 45.2 Å². The quantitative estimate of drug-likeness (QED) is 0.0835. The van der Waals surface area contributed by atoms with Gasteiger partial charge in [0.25, 0.3) is 13.3 Å². The zero-order valence-corrected chi connectivity index (χ0v) is 27.5. The summed E-state index contributed by atoms with van der Waals surface area (Å²) in [7, 11) is 0. The first-order valence-corrected chi connectivity index (χ1v) is 18.3. The van der Waals surface area contributed by atoms with E-state index < -0.39 is 13.3 Å². The molecule has 0 spiro atoms. The molecule has 0 rings (SSSR count). The van der Waals surface area contributed by atoms with Gasteiger partial charge in [-0.05, 0) is 116 Å². The van der Waals surface area contributed by atoms with E-state index in [0.29, 0.717) is 10.2 Å². The van der Waals surface area contributed by atoms with Crippen LogP contribution in [-0.4, -0.2) is 47.7 Å². The fourth-order valence-electron chi connectivity index (χ4n) is 2.78. The van der Waals surface area contributed by atoms with Gasteiger partial charge in [-0.15, -0.1) is 0 Å². The predicted molar refractivity (Wildman–Crippen MR) is 164 cm³/mol. The fourth-order valence-corrected chi connectivity index (χ4v) is 9.85. The molecule has 0 atom stereocenters. The molecule has 0 aromatic rings. The lowest BCUT2D eigenvalue weighted by molar-refractivity contribution is 0.171. The molecule has 0 saturated heterocycles. The molecule has 14 heteroatoms. The average molecular weight is 609 g/mol. The molecule has 0 aliphatic rings. The zero-order valence-electron chi connectivity index (χ0n) is 22.4. The van der Waals surface area contributed by atoms with Crippen molar-refractivity contribution >= 4 is 71.6 Å². The first-order valence-electron chi connectivity index (χ1n) is 12.2. The van der Waals surface area contributed by atoms with Crippen molar-refractivity contribution in [2.45, 2.75) is 112 Å². The van der Waals surface area contributed by atoms with Crippen LogP contribution in [0.15, 0.2) is 0 Å². The van der Waals surface area contributed by atoms with E-state index in [1.807, 2.05) is 55.4 Å². The molecular weight excluding hydrogens is 562 g/mol. The molecule has 0 fully saturated rings. The van der Waals surface area contributed by atoms with Crippen LogP contribution in [-0.2, 0) is 41.7 Å². The van der Waals surface area contributed by atoms with Gasteiger partial charge in [0.1, 0.15) is 0 Å². The van der Waals surface area contributed by atoms with E-state index in [2.05, 4.69) is 20.8 Å². The molecule has 0 radical (unpaired) electrons. The van der Waals surface area contributed by atoms with Gasteiger partial charge in [0.15, 0.2) is 10.2 Å². The second kappa shape index (κ2) is 18.7. The molecule has 0 unspecified atom stereocenters. The van der Waals surface area contributed by atoms with Crippen LogP contribution in [0.4, 0.5) is 0 Å². The van der Waals surface area contributed by atoms with Crippen LogP contribution < -0.4 is 20.8 Å². The minimum atomic E-state index is -2.66. The van der Waals surface area contributed by atoms with E-state index in [1.54, 1.807) is 0 Å². The molecule has 0 saturated carbocycles. The smallest absolute Gasteiger partial charge is 0.289 e. The zero-order chi connectivity index (χ0) is 27.1. The first kappa shape index (κ1) is 35.5. The topological polar surface area (TPSA) is 85.0 Å². The van der Waals surface area contributed by atoms with Crippen LogP contribution >= 0.6 is 37.7 Å².